The van der Waals surface area contributed by atoms with Gasteiger partial charge in [-0.25, -0.2) is 0 Å². The Balaban J connectivity index is 0. The van der Waals surface area contributed by atoms with Crippen LogP contribution in [0.3, 0.4) is 0 Å². The Morgan fingerprint density at radius 2 is 2.14 bits per heavy atom. The van der Waals surface area contributed by atoms with Gasteiger partial charge in [-0.05, 0) is 0 Å². The SMILES string of the molecule is C[CH-]C(=O)OC.[V+2]. The van der Waals surface area contributed by atoms with Crippen molar-refractivity contribution in [2.24, 2.45) is 0 Å². The molecule has 0 aromatic heterocycles. The van der Waals surface area contributed by atoms with E-state index in [4.69, 9.17) is 0 Å². The molecule has 0 N–H and O–H groups in total. The molecule has 0 atom stereocenters. The second-order valence-corrected chi connectivity index (χ2v) is 0.812. The molecule has 0 unspecified atom stereocenters. The molecule has 39 valence electrons. The van der Waals surface area contributed by atoms with Gasteiger partial charge in [0.25, 0.3) is 0 Å². The van der Waals surface area contributed by atoms with Crippen LogP contribution in [0.4, 0.5) is 0 Å². The summed E-state index contributed by atoms with van der Waals surface area (Å²) in [5.41, 5.74) is 0. The van der Waals surface area contributed by atoms with Gasteiger partial charge in [0.2, 0.25) is 0 Å². The maximum atomic E-state index is 9.90. The van der Waals surface area contributed by atoms with Crippen LogP contribution in [0, 0.1) is 6.42 Å². The third-order valence-electron chi connectivity index (χ3n) is 0.437. The number of methoxy groups -OCH3 is 1. The Morgan fingerprint density at radius 1 is 1.71 bits per heavy atom. The quantitative estimate of drug-likeness (QED) is 0.386. The van der Waals surface area contributed by atoms with Gasteiger partial charge in [-0.1, -0.05) is 0 Å². The molecule has 0 saturated heterocycles. The summed E-state index contributed by atoms with van der Waals surface area (Å²) in [6, 6.07) is 0. The van der Waals surface area contributed by atoms with E-state index in [1.807, 2.05) is 0 Å². The Hall–Kier alpha value is -0.0756. The summed E-state index contributed by atoms with van der Waals surface area (Å²) in [4.78, 5) is 9.90. The number of rotatable bonds is 1. The molecule has 0 rings (SSSR count). The number of carbonyl (C=O) groups is 1. The summed E-state index contributed by atoms with van der Waals surface area (Å²) in [5.74, 6) is -0.282. The maximum absolute atomic E-state index is 9.90. The standard InChI is InChI=1S/C4H7O2.V/c1-3-4(5)6-2;/h3H,1-2H3;/q-1;+2. The molecule has 0 bridgehead atoms. The summed E-state index contributed by atoms with van der Waals surface area (Å²) < 4.78 is 4.20. The molecule has 0 aliphatic carbocycles. The summed E-state index contributed by atoms with van der Waals surface area (Å²) in [5, 5.41) is 0. The van der Waals surface area contributed by atoms with E-state index in [0.717, 1.165) is 0 Å². The number of carbonyl (C=O) groups excluding carboxylic acids is 1. The van der Waals surface area contributed by atoms with E-state index >= 15 is 0 Å². The zero-order chi connectivity index (χ0) is 4.99. The number of esters is 1. The first-order chi connectivity index (χ1) is 2.81. The number of hydrogen-bond donors (Lipinski definition) is 0. The summed E-state index contributed by atoms with van der Waals surface area (Å²) in [7, 11) is 1.35. The predicted molar refractivity (Wildman–Crippen MR) is 22.0 cm³/mol. The van der Waals surface area contributed by atoms with Crippen LogP contribution < -0.4 is 0 Å². The normalized spacial score (nSPS) is 6.00. The van der Waals surface area contributed by atoms with Crippen molar-refractivity contribution in [3.05, 3.63) is 6.42 Å². The first-order valence-corrected chi connectivity index (χ1v) is 1.68. The van der Waals surface area contributed by atoms with Crippen LogP contribution in [0.15, 0.2) is 0 Å². The van der Waals surface area contributed by atoms with E-state index in [9.17, 15) is 4.79 Å². The average molecular weight is 138 g/mol. The minimum atomic E-state index is -0.282. The van der Waals surface area contributed by atoms with Gasteiger partial charge >= 0.3 is 18.6 Å². The molecule has 0 saturated carbocycles. The van der Waals surface area contributed by atoms with E-state index < -0.39 is 0 Å². The van der Waals surface area contributed by atoms with Crippen LogP contribution in [0.2, 0.25) is 0 Å². The van der Waals surface area contributed by atoms with E-state index in [1.165, 1.54) is 13.5 Å². The van der Waals surface area contributed by atoms with Crippen molar-refractivity contribution in [3.63, 3.8) is 0 Å². The smallest absolute Gasteiger partial charge is 0.491 e. The van der Waals surface area contributed by atoms with Crippen LogP contribution >= 0.6 is 0 Å². The van der Waals surface area contributed by atoms with Gasteiger partial charge in [0, 0.05) is 0 Å². The fourth-order valence-electron chi connectivity index (χ4n) is 0.118. The van der Waals surface area contributed by atoms with Crippen molar-refractivity contribution in [2.75, 3.05) is 7.11 Å². The first kappa shape index (κ1) is 10.0. The van der Waals surface area contributed by atoms with Gasteiger partial charge in [0.15, 0.2) is 5.97 Å². The molecular formula is C4H7O2V+. The second kappa shape index (κ2) is 5.92. The zero-order valence-electron chi connectivity index (χ0n) is 4.34. The predicted octanol–water partition coefficient (Wildman–Crippen LogP) is 0.381. The monoisotopic (exact) mass is 138 g/mol. The van der Waals surface area contributed by atoms with Gasteiger partial charge in [-0.2, -0.15) is 6.92 Å². The van der Waals surface area contributed by atoms with Crippen molar-refractivity contribution in [2.45, 2.75) is 6.92 Å². The molecule has 0 fully saturated rings. The van der Waals surface area contributed by atoms with Crippen molar-refractivity contribution in [3.8, 4) is 0 Å². The fraction of sp³-hybridized carbons (Fsp3) is 0.500. The molecule has 0 spiro atoms. The Morgan fingerprint density at radius 3 is 2.14 bits per heavy atom. The summed E-state index contributed by atoms with van der Waals surface area (Å²) in [6.45, 7) is 1.63. The Bertz CT molecular complexity index is 47.7. The van der Waals surface area contributed by atoms with Crippen LogP contribution in [-0.2, 0) is 28.1 Å². The molecule has 0 aromatic rings. The van der Waals surface area contributed by atoms with Crippen LogP contribution in [0.25, 0.3) is 0 Å². The van der Waals surface area contributed by atoms with Gasteiger partial charge < -0.3 is 4.74 Å². The van der Waals surface area contributed by atoms with Gasteiger partial charge in [-0.15, -0.1) is 0 Å². The fourth-order valence-corrected chi connectivity index (χ4v) is 0.118. The molecule has 3 heteroatoms. The molecule has 1 radical (unpaired) electrons. The van der Waals surface area contributed by atoms with Crippen LogP contribution in [0.1, 0.15) is 6.92 Å². The molecule has 0 aliphatic rings. The molecule has 0 heterocycles. The van der Waals surface area contributed by atoms with Crippen LogP contribution in [-0.4, -0.2) is 13.1 Å². The van der Waals surface area contributed by atoms with Crippen molar-refractivity contribution in [1.29, 1.82) is 0 Å². The molecule has 2 nitrogen and oxygen atoms in total. The molecule has 0 aliphatic heterocycles. The average Bonchev–Trinajstić information content (AvgIpc) is 1.65. The molecule has 7 heavy (non-hydrogen) atoms. The molecule has 0 amide bonds. The first-order valence-electron chi connectivity index (χ1n) is 1.68. The molecule has 0 aromatic carbocycles. The van der Waals surface area contributed by atoms with Crippen LogP contribution in [0.5, 0.6) is 0 Å². The van der Waals surface area contributed by atoms with Gasteiger partial charge in [-0.3, -0.25) is 11.2 Å². The van der Waals surface area contributed by atoms with Gasteiger partial charge in [0.05, 0.1) is 7.11 Å². The maximum Gasteiger partial charge on any atom is 2.00 e. The van der Waals surface area contributed by atoms with E-state index in [-0.39, 0.29) is 24.5 Å². The van der Waals surface area contributed by atoms with E-state index in [1.54, 1.807) is 6.92 Å². The minimum absolute atomic E-state index is 0. The van der Waals surface area contributed by atoms with E-state index in [0.29, 0.717) is 0 Å². The summed E-state index contributed by atoms with van der Waals surface area (Å²) >= 11 is 0. The third kappa shape index (κ3) is 5.92. The largest absolute Gasteiger partial charge is 2.00 e. The second-order valence-electron chi connectivity index (χ2n) is 0.812. The number of hydrogen-bond acceptors (Lipinski definition) is 2. The molecular weight excluding hydrogens is 131 g/mol. The Labute approximate surface area is 55.1 Å². The summed E-state index contributed by atoms with van der Waals surface area (Å²) in [6.07, 6.45) is 1.36. The minimum Gasteiger partial charge on any atom is -0.491 e. The third-order valence-corrected chi connectivity index (χ3v) is 0.437. The van der Waals surface area contributed by atoms with Crippen molar-refractivity contribution >= 4 is 5.97 Å². The van der Waals surface area contributed by atoms with E-state index in [2.05, 4.69) is 4.74 Å². The van der Waals surface area contributed by atoms with Crippen molar-refractivity contribution < 1.29 is 28.1 Å². The topological polar surface area (TPSA) is 26.3 Å². The number of ether oxygens (including phenoxy) is 1. The van der Waals surface area contributed by atoms with Gasteiger partial charge in [0.1, 0.15) is 0 Å². The van der Waals surface area contributed by atoms with Crippen molar-refractivity contribution in [1.82, 2.24) is 0 Å². The zero-order valence-corrected chi connectivity index (χ0v) is 5.74. The Kier molecular flexibility index (Phi) is 8.48.